The van der Waals surface area contributed by atoms with E-state index < -0.39 is 102 Å². The van der Waals surface area contributed by atoms with Crippen molar-refractivity contribution >= 4 is 88.4 Å². The molecule has 0 aliphatic carbocycles. The number of ketones is 2. The molecule has 0 bridgehead atoms. The van der Waals surface area contributed by atoms with Crippen molar-refractivity contribution in [3.05, 3.63) is 0 Å². The van der Waals surface area contributed by atoms with Crippen molar-refractivity contribution in [2.75, 3.05) is 24.7 Å². The summed E-state index contributed by atoms with van der Waals surface area (Å²) in [5.74, 6) is -7.24. The van der Waals surface area contributed by atoms with Crippen molar-refractivity contribution in [3.8, 4) is 0 Å². The van der Waals surface area contributed by atoms with Crippen molar-refractivity contribution in [3.63, 3.8) is 0 Å². The van der Waals surface area contributed by atoms with Gasteiger partial charge in [0.2, 0.25) is 35.4 Å². The van der Waals surface area contributed by atoms with Crippen LogP contribution in [0.5, 0.6) is 0 Å². The van der Waals surface area contributed by atoms with Gasteiger partial charge in [0.25, 0.3) is 0 Å². The Labute approximate surface area is 345 Å². The van der Waals surface area contributed by atoms with Crippen LogP contribution in [0.15, 0.2) is 0 Å². The normalized spacial score (nSPS) is 18.3. The van der Waals surface area contributed by atoms with Crippen LogP contribution in [-0.4, -0.2) is 143 Å². The molecule has 2 aliphatic heterocycles. The van der Waals surface area contributed by atoms with Crippen LogP contribution in [0.4, 0.5) is 0 Å². The van der Waals surface area contributed by atoms with Crippen LogP contribution in [-0.2, 0) is 52.7 Å². The molecule has 0 saturated carbocycles. The summed E-state index contributed by atoms with van der Waals surface area (Å²) in [4.78, 5) is 131. The summed E-state index contributed by atoms with van der Waals surface area (Å²) in [5.41, 5.74) is 0. The van der Waals surface area contributed by atoms with Crippen LogP contribution in [0.1, 0.15) is 87.5 Å². The Morgan fingerprint density at radius 2 is 1.21 bits per heavy atom. The first-order valence-corrected chi connectivity index (χ1v) is 20.9. The largest absolute Gasteiger partial charge is 0.481 e. The fraction of sp³-hybridized carbons (Fsp3) is 0.703. The highest BCUT2D eigenvalue weighted by Gasteiger charge is 2.41. The molecule has 5 atom stereocenters. The van der Waals surface area contributed by atoms with E-state index in [0.29, 0.717) is 11.7 Å². The SMILES string of the molecule is CC(C)CC(CSC1CC(=O)N(CC(=O)O)C1=O)C(=O)C(C)C.CC(C)NC(CSC1CC(=O)N(CNC(=O)CC(NC(=O)CC(=O)O)C(=O)O)C1=O)C(=O)C(C)C. The Kier molecular flexibility index (Phi) is 21.8. The third-order valence-corrected chi connectivity index (χ3v) is 11.3. The second-order valence-electron chi connectivity index (χ2n) is 15.2. The highest BCUT2D eigenvalue weighted by Crippen LogP contribution is 2.30. The number of imide groups is 2. The van der Waals surface area contributed by atoms with Gasteiger partial charge in [0.05, 0.1) is 23.0 Å². The fourth-order valence-corrected chi connectivity index (χ4v) is 8.32. The number of carboxylic acid groups (broad SMARTS) is 3. The summed E-state index contributed by atoms with van der Waals surface area (Å²) in [5, 5.41) is 32.5. The molecule has 19 nitrogen and oxygen atoms in total. The Hall–Kier alpha value is -4.37. The fourth-order valence-electron chi connectivity index (χ4n) is 5.81. The van der Waals surface area contributed by atoms with Crippen molar-refractivity contribution in [1.29, 1.82) is 0 Å². The van der Waals surface area contributed by atoms with E-state index in [1.165, 1.54) is 23.5 Å². The van der Waals surface area contributed by atoms with Gasteiger partial charge < -0.3 is 31.3 Å². The number of nitrogens with zero attached hydrogens (tertiary/aromatic N) is 2. The lowest BCUT2D eigenvalue weighted by atomic mass is 9.89. The minimum Gasteiger partial charge on any atom is -0.481 e. The topological polar surface area (TPSA) is 291 Å². The standard InChI is InChI=1S/C21H32N4O9S.C16H25NO5S/c1-10(2)19(31)13(23-11(3)4)8-35-14-6-17(28)25(20(14)32)9-22-15(26)5-12(21(33)34)24-16(27)7-18(29)30;1-9(2)5-11(15(21)10(3)4)8-23-12-6-13(18)17(16(12)22)7-14(19)20/h10-14,23H,5-9H2,1-4H3,(H,22,26)(H,24,27)(H,29,30)(H,33,34);9-12H,5-8H2,1-4H3,(H,19,20). The number of thioether (sulfide) groups is 2. The van der Waals surface area contributed by atoms with E-state index in [4.69, 9.17) is 15.3 Å². The lowest BCUT2D eigenvalue weighted by molar-refractivity contribution is -0.148. The highest BCUT2D eigenvalue weighted by atomic mass is 32.2. The maximum atomic E-state index is 12.7. The third-order valence-electron chi connectivity index (χ3n) is 8.60. The predicted molar refractivity (Wildman–Crippen MR) is 212 cm³/mol. The summed E-state index contributed by atoms with van der Waals surface area (Å²) in [7, 11) is 0. The molecule has 6 N–H and O–H groups in total. The van der Waals surface area contributed by atoms with Gasteiger partial charge in [-0.25, -0.2) is 4.79 Å². The number of rotatable bonds is 24. The molecule has 21 heteroatoms. The summed E-state index contributed by atoms with van der Waals surface area (Å²) < 4.78 is 0. The first-order chi connectivity index (χ1) is 26.8. The minimum absolute atomic E-state index is 0.00415. The van der Waals surface area contributed by atoms with Gasteiger partial charge in [-0.1, -0.05) is 55.4 Å². The first-order valence-electron chi connectivity index (χ1n) is 18.8. The molecule has 0 aromatic rings. The lowest BCUT2D eigenvalue weighted by Gasteiger charge is -2.22. The van der Waals surface area contributed by atoms with Gasteiger partial charge in [-0.05, 0) is 12.3 Å². The Morgan fingerprint density at radius 3 is 1.67 bits per heavy atom. The maximum absolute atomic E-state index is 12.7. The Bertz CT molecular complexity index is 1570. The van der Waals surface area contributed by atoms with E-state index in [0.717, 1.165) is 16.2 Å². The van der Waals surface area contributed by atoms with Crippen LogP contribution in [0.25, 0.3) is 0 Å². The Balaban J connectivity index is 0.000000632. The number of likely N-dealkylation sites (tertiary alicyclic amines) is 2. The number of hydrogen-bond donors (Lipinski definition) is 6. The maximum Gasteiger partial charge on any atom is 0.326 e. The van der Waals surface area contributed by atoms with E-state index >= 15 is 0 Å². The number of hydrogen-bond acceptors (Lipinski definition) is 14. The summed E-state index contributed by atoms with van der Waals surface area (Å²) in [6.07, 6.45) is -1.03. The second-order valence-corrected chi connectivity index (χ2v) is 17.7. The predicted octanol–water partition coefficient (Wildman–Crippen LogP) is 0.766. The quantitative estimate of drug-likeness (QED) is 0.0577. The minimum atomic E-state index is -1.68. The molecule has 0 aromatic heterocycles. The Morgan fingerprint density at radius 1 is 0.690 bits per heavy atom. The average molecular weight is 860 g/mol. The molecule has 2 saturated heterocycles. The van der Waals surface area contributed by atoms with Crippen molar-refractivity contribution < 1.29 is 68.1 Å². The second kappa shape index (κ2) is 24.5. The molecule has 0 radical (unpaired) electrons. The summed E-state index contributed by atoms with van der Waals surface area (Å²) >= 11 is 2.47. The van der Waals surface area contributed by atoms with Gasteiger partial charge in [-0.2, -0.15) is 0 Å². The van der Waals surface area contributed by atoms with Crippen LogP contribution < -0.4 is 16.0 Å². The van der Waals surface area contributed by atoms with Crippen molar-refractivity contribution in [2.45, 2.75) is 116 Å². The van der Waals surface area contributed by atoms with Crippen LogP contribution in [0.3, 0.4) is 0 Å². The molecule has 2 heterocycles. The number of carboxylic acids is 3. The number of carbonyl (C=O) groups excluding carboxylic acids is 8. The van der Waals surface area contributed by atoms with E-state index in [-0.39, 0.29) is 54.0 Å². The zero-order valence-corrected chi connectivity index (χ0v) is 35.7. The zero-order chi connectivity index (χ0) is 44.6. The molecular formula is C37H57N5O14S2. The monoisotopic (exact) mass is 859 g/mol. The van der Waals surface area contributed by atoms with E-state index in [1.54, 1.807) is 13.8 Å². The molecule has 6 amide bonds. The van der Waals surface area contributed by atoms with E-state index in [2.05, 4.69) is 10.6 Å². The number of carbonyl (C=O) groups is 11. The third kappa shape index (κ3) is 17.6. The van der Waals surface area contributed by atoms with Crippen molar-refractivity contribution in [1.82, 2.24) is 25.8 Å². The van der Waals surface area contributed by atoms with Gasteiger partial charge in [0.15, 0.2) is 5.78 Å². The molecule has 2 aliphatic rings. The number of Topliss-reactive ketones (excluding diaryl/α,β-unsaturated/α-hetero) is 2. The van der Waals surface area contributed by atoms with Gasteiger partial charge in [-0.15, -0.1) is 23.5 Å². The number of amides is 6. The number of nitrogens with one attached hydrogen (secondary N) is 3. The van der Waals surface area contributed by atoms with Crippen LogP contribution in [0.2, 0.25) is 0 Å². The molecule has 5 unspecified atom stereocenters. The summed E-state index contributed by atoms with van der Waals surface area (Å²) in [6.45, 7) is 14.1. The van der Waals surface area contributed by atoms with Gasteiger partial charge in [-0.3, -0.25) is 57.7 Å². The highest BCUT2D eigenvalue weighted by molar-refractivity contribution is 8.01. The van der Waals surface area contributed by atoms with E-state index in [9.17, 15) is 52.7 Å². The smallest absolute Gasteiger partial charge is 0.326 e. The van der Waals surface area contributed by atoms with Gasteiger partial charge in [0, 0.05) is 48.1 Å². The van der Waals surface area contributed by atoms with Crippen LogP contribution in [0, 0.1) is 23.7 Å². The first kappa shape index (κ1) is 51.6. The molecule has 0 spiro atoms. The molecular weight excluding hydrogens is 803 g/mol. The van der Waals surface area contributed by atoms with Gasteiger partial charge in [0.1, 0.15) is 31.5 Å². The van der Waals surface area contributed by atoms with E-state index in [1.807, 2.05) is 46.9 Å². The van der Waals surface area contributed by atoms with Crippen molar-refractivity contribution in [2.24, 2.45) is 23.7 Å². The molecule has 2 fully saturated rings. The number of aliphatic carboxylic acids is 3. The zero-order valence-electron chi connectivity index (χ0n) is 34.1. The molecule has 0 aromatic carbocycles. The molecule has 58 heavy (non-hydrogen) atoms. The molecule has 2 rings (SSSR count). The molecule has 326 valence electrons. The lowest BCUT2D eigenvalue weighted by Crippen LogP contribution is -2.47. The van der Waals surface area contributed by atoms with Gasteiger partial charge >= 0.3 is 17.9 Å². The summed E-state index contributed by atoms with van der Waals surface area (Å²) in [6, 6.07) is -2.13. The average Bonchev–Trinajstić information content (AvgIpc) is 3.52. The van der Waals surface area contributed by atoms with Crippen LogP contribution >= 0.6 is 23.5 Å².